The molecule has 3 rings (SSSR count). The van der Waals surface area contributed by atoms with Gasteiger partial charge in [-0.25, -0.2) is 22.9 Å². The van der Waals surface area contributed by atoms with Gasteiger partial charge in [0.15, 0.2) is 0 Å². The van der Waals surface area contributed by atoms with Crippen LogP contribution in [0.1, 0.15) is 47.2 Å². The monoisotopic (exact) mass is 372 g/mol. The third-order valence-electron chi connectivity index (χ3n) is 4.54. The van der Waals surface area contributed by atoms with Crippen LogP contribution in [0.3, 0.4) is 0 Å². The molecule has 0 radical (unpaired) electrons. The Bertz CT molecular complexity index is 710. The average Bonchev–Trinajstić information content (AvgIpc) is 2.82. The third kappa shape index (κ3) is 4.46. The Hall–Kier alpha value is -1.19. The van der Waals surface area contributed by atoms with Crippen molar-refractivity contribution >= 4 is 27.4 Å². The number of carbonyl (C=O) groups excluding carboxylic acids is 1. The Morgan fingerprint density at radius 3 is 2.79 bits per heavy atom. The largest absolute Gasteiger partial charge is 0.337 e. The average molecular weight is 373 g/mol. The minimum absolute atomic E-state index is 0.0349. The summed E-state index contributed by atoms with van der Waals surface area (Å²) < 4.78 is 24.8. The fraction of sp³-hybridized carbons (Fsp3) is 0.733. The lowest BCUT2D eigenvalue weighted by Crippen LogP contribution is -2.55. The standard InChI is InChI=1S/C15H24N4O3S2/c1-9-17-14-10(4-3-5-13(14)23-9)8-16-15(20)18-11-6-12(7-11)19-24(2,21)22/h10-12,19H,3-8H2,1-2H3,(H2,16,18,20). The van der Waals surface area contributed by atoms with Gasteiger partial charge in [0, 0.05) is 29.4 Å². The van der Waals surface area contributed by atoms with E-state index in [0.29, 0.717) is 25.3 Å². The number of aromatic nitrogens is 1. The van der Waals surface area contributed by atoms with Crippen molar-refractivity contribution in [1.29, 1.82) is 0 Å². The normalized spacial score (nSPS) is 26.3. The molecule has 2 amide bonds. The summed E-state index contributed by atoms with van der Waals surface area (Å²) >= 11 is 1.76. The lowest BCUT2D eigenvalue weighted by atomic mass is 9.88. The van der Waals surface area contributed by atoms with Crippen LogP contribution in [-0.2, 0) is 16.4 Å². The van der Waals surface area contributed by atoms with E-state index in [1.54, 1.807) is 11.3 Å². The van der Waals surface area contributed by atoms with Gasteiger partial charge in [0.05, 0.1) is 17.0 Å². The van der Waals surface area contributed by atoms with Crippen molar-refractivity contribution in [2.45, 2.75) is 57.0 Å². The van der Waals surface area contributed by atoms with Crippen molar-refractivity contribution in [1.82, 2.24) is 20.3 Å². The number of urea groups is 1. The molecule has 24 heavy (non-hydrogen) atoms. The Morgan fingerprint density at radius 1 is 1.33 bits per heavy atom. The lowest BCUT2D eigenvalue weighted by molar-refractivity contribution is 0.219. The van der Waals surface area contributed by atoms with Gasteiger partial charge >= 0.3 is 6.03 Å². The number of nitrogens with zero attached hydrogens (tertiary/aromatic N) is 1. The first-order chi connectivity index (χ1) is 11.3. The molecule has 9 heteroatoms. The molecule has 1 aromatic heterocycles. The summed E-state index contributed by atoms with van der Waals surface area (Å²) in [5.41, 5.74) is 1.16. The highest BCUT2D eigenvalue weighted by atomic mass is 32.2. The first-order valence-corrected chi connectivity index (χ1v) is 11.0. The van der Waals surface area contributed by atoms with Gasteiger partial charge in [-0.05, 0) is 39.0 Å². The molecule has 0 aliphatic heterocycles. The zero-order valence-electron chi connectivity index (χ0n) is 14.0. The first kappa shape index (κ1) is 17.6. The second kappa shape index (κ2) is 6.97. The molecule has 1 saturated carbocycles. The fourth-order valence-corrected chi connectivity index (χ4v) is 5.28. The van der Waals surface area contributed by atoms with E-state index in [2.05, 4.69) is 20.3 Å². The van der Waals surface area contributed by atoms with E-state index >= 15 is 0 Å². The minimum atomic E-state index is -3.17. The molecule has 1 unspecified atom stereocenters. The highest BCUT2D eigenvalue weighted by molar-refractivity contribution is 7.88. The van der Waals surface area contributed by atoms with Gasteiger partial charge in [0.2, 0.25) is 10.0 Å². The molecule has 1 heterocycles. The van der Waals surface area contributed by atoms with E-state index in [0.717, 1.165) is 36.2 Å². The summed E-state index contributed by atoms with van der Waals surface area (Å²) in [6.45, 7) is 2.62. The van der Waals surface area contributed by atoms with Crippen LogP contribution in [0.15, 0.2) is 0 Å². The quantitative estimate of drug-likeness (QED) is 0.724. The smallest absolute Gasteiger partial charge is 0.315 e. The number of amides is 2. The van der Waals surface area contributed by atoms with Crippen LogP contribution in [0.25, 0.3) is 0 Å². The number of hydrogen-bond acceptors (Lipinski definition) is 5. The predicted octanol–water partition coefficient (Wildman–Crippen LogP) is 1.25. The van der Waals surface area contributed by atoms with Crippen molar-refractivity contribution in [2.75, 3.05) is 12.8 Å². The van der Waals surface area contributed by atoms with Gasteiger partial charge in [-0.3, -0.25) is 0 Å². The Balaban J connectivity index is 1.41. The summed E-state index contributed by atoms with van der Waals surface area (Å²) in [6, 6.07) is -0.214. The van der Waals surface area contributed by atoms with Gasteiger partial charge in [-0.2, -0.15) is 0 Å². The molecule has 3 N–H and O–H groups in total. The summed E-state index contributed by atoms with van der Waals surface area (Å²) in [6.07, 6.45) is 5.72. The third-order valence-corrected chi connectivity index (χ3v) is 6.35. The second-order valence-corrected chi connectivity index (χ2v) is 9.81. The van der Waals surface area contributed by atoms with Gasteiger partial charge in [0.25, 0.3) is 0 Å². The minimum Gasteiger partial charge on any atom is -0.337 e. The second-order valence-electron chi connectivity index (χ2n) is 6.74. The van der Waals surface area contributed by atoms with Crippen LogP contribution in [0, 0.1) is 6.92 Å². The van der Waals surface area contributed by atoms with E-state index in [-0.39, 0.29) is 18.1 Å². The van der Waals surface area contributed by atoms with E-state index in [4.69, 9.17) is 0 Å². The maximum absolute atomic E-state index is 12.0. The number of sulfonamides is 1. The first-order valence-electron chi connectivity index (χ1n) is 8.28. The maximum atomic E-state index is 12.0. The van der Waals surface area contributed by atoms with Crippen LogP contribution in [-0.4, -0.2) is 44.3 Å². The van der Waals surface area contributed by atoms with Crippen LogP contribution < -0.4 is 15.4 Å². The van der Waals surface area contributed by atoms with E-state index in [1.165, 1.54) is 4.88 Å². The molecule has 134 valence electrons. The molecular formula is C15H24N4O3S2. The zero-order chi connectivity index (χ0) is 17.3. The molecule has 1 fully saturated rings. The van der Waals surface area contributed by atoms with E-state index < -0.39 is 10.0 Å². The molecule has 2 aliphatic rings. The zero-order valence-corrected chi connectivity index (χ0v) is 15.6. The highest BCUT2D eigenvalue weighted by Crippen LogP contribution is 2.34. The molecular weight excluding hydrogens is 348 g/mol. The predicted molar refractivity (Wildman–Crippen MR) is 93.9 cm³/mol. The van der Waals surface area contributed by atoms with Gasteiger partial charge in [0.1, 0.15) is 0 Å². The van der Waals surface area contributed by atoms with Crippen molar-refractivity contribution in [3.8, 4) is 0 Å². The Morgan fingerprint density at radius 2 is 2.08 bits per heavy atom. The fourth-order valence-electron chi connectivity index (χ4n) is 3.41. The van der Waals surface area contributed by atoms with Gasteiger partial charge < -0.3 is 10.6 Å². The maximum Gasteiger partial charge on any atom is 0.315 e. The Kier molecular flexibility index (Phi) is 5.12. The van der Waals surface area contributed by atoms with Crippen LogP contribution in [0.2, 0.25) is 0 Å². The number of aryl methyl sites for hydroxylation is 2. The van der Waals surface area contributed by atoms with Gasteiger partial charge in [-0.15, -0.1) is 11.3 Å². The number of nitrogens with one attached hydrogen (secondary N) is 3. The lowest BCUT2D eigenvalue weighted by Gasteiger charge is -2.35. The number of carbonyl (C=O) groups is 1. The van der Waals surface area contributed by atoms with E-state index in [1.807, 2.05) is 6.92 Å². The number of hydrogen-bond donors (Lipinski definition) is 3. The summed E-state index contributed by atoms with van der Waals surface area (Å²) in [4.78, 5) is 18.0. The van der Waals surface area contributed by atoms with Crippen molar-refractivity contribution in [3.05, 3.63) is 15.6 Å². The van der Waals surface area contributed by atoms with Crippen LogP contribution in [0.4, 0.5) is 4.79 Å². The molecule has 7 nitrogen and oxygen atoms in total. The highest BCUT2D eigenvalue weighted by Gasteiger charge is 2.32. The molecule has 2 aliphatic carbocycles. The molecule has 0 saturated heterocycles. The topological polar surface area (TPSA) is 100 Å². The molecule has 0 bridgehead atoms. The van der Waals surface area contributed by atoms with Crippen LogP contribution in [0.5, 0.6) is 0 Å². The summed E-state index contributed by atoms with van der Waals surface area (Å²) in [5, 5.41) is 6.93. The summed E-state index contributed by atoms with van der Waals surface area (Å²) in [5.74, 6) is 0.297. The molecule has 1 aromatic rings. The van der Waals surface area contributed by atoms with Crippen molar-refractivity contribution < 1.29 is 13.2 Å². The van der Waals surface area contributed by atoms with Crippen molar-refractivity contribution in [2.24, 2.45) is 0 Å². The summed E-state index contributed by atoms with van der Waals surface area (Å²) in [7, 11) is -3.17. The Labute approximate surface area is 146 Å². The van der Waals surface area contributed by atoms with E-state index in [9.17, 15) is 13.2 Å². The number of fused-ring (bicyclic) bond motifs is 1. The van der Waals surface area contributed by atoms with Crippen molar-refractivity contribution in [3.63, 3.8) is 0 Å². The SMILES string of the molecule is Cc1nc2c(s1)CCCC2CNC(=O)NC1CC(NS(C)(=O)=O)C1. The van der Waals surface area contributed by atoms with Gasteiger partial charge in [-0.1, -0.05) is 0 Å². The molecule has 0 aromatic carbocycles. The van der Waals surface area contributed by atoms with Crippen LogP contribution >= 0.6 is 11.3 Å². The number of thiazole rings is 1. The molecule has 1 atom stereocenters. The number of rotatable bonds is 5. The molecule has 0 spiro atoms.